The highest BCUT2D eigenvalue weighted by Crippen LogP contribution is 2.10. The minimum Gasteiger partial charge on any atom is -0.454 e. The number of hydrogen-bond acceptors (Lipinski definition) is 3. The Kier molecular flexibility index (Phi) is 5.29. The van der Waals surface area contributed by atoms with Gasteiger partial charge >= 0.3 is 5.97 Å². The molecule has 0 radical (unpaired) electrons. The van der Waals surface area contributed by atoms with Crippen LogP contribution in [0.2, 0.25) is 5.02 Å². The van der Waals surface area contributed by atoms with Gasteiger partial charge in [0, 0.05) is 16.7 Å². The van der Waals surface area contributed by atoms with Gasteiger partial charge in [-0.2, -0.15) is 0 Å². The van der Waals surface area contributed by atoms with Gasteiger partial charge in [-0.25, -0.2) is 4.79 Å². The summed E-state index contributed by atoms with van der Waals surface area (Å²) >= 11 is 5.76. The van der Waals surface area contributed by atoms with Crippen molar-refractivity contribution < 1.29 is 14.3 Å². The van der Waals surface area contributed by atoms with E-state index in [2.05, 4.69) is 0 Å². The number of hydrogen-bond donors (Lipinski definition) is 0. The standard InChI is InChI=1S/C17H13ClO3/c18-15-9-6-13(7-10-15)8-11-17(20)21-12-16(19)14-4-2-1-3-5-14/h1-11H,12H2. The summed E-state index contributed by atoms with van der Waals surface area (Å²) in [5.74, 6) is -0.793. The number of Topliss-reactive ketones (excluding diaryl/α,β-unsaturated/α-hetero) is 1. The van der Waals surface area contributed by atoms with E-state index in [0.717, 1.165) is 5.56 Å². The minimum atomic E-state index is -0.561. The van der Waals surface area contributed by atoms with Crippen molar-refractivity contribution in [3.8, 4) is 0 Å². The van der Waals surface area contributed by atoms with E-state index in [1.165, 1.54) is 6.08 Å². The van der Waals surface area contributed by atoms with Gasteiger partial charge in [0.15, 0.2) is 12.4 Å². The molecule has 4 heteroatoms. The van der Waals surface area contributed by atoms with Crippen LogP contribution >= 0.6 is 11.6 Å². The number of carbonyl (C=O) groups excluding carboxylic acids is 2. The number of esters is 1. The van der Waals surface area contributed by atoms with E-state index in [1.54, 1.807) is 54.6 Å². The van der Waals surface area contributed by atoms with Crippen molar-refractivity contribution in [2.45, 2.75) is 0 Å². The third-order valence-corrected chi connectivity index (χ3v) is 2.98. The summed E-state index contributed by atoms with van der Waals surface area (Å²) in [6, 6.07) is 15.7. The highest BCUT2D eigenvalue weighted by molar-refractivity contribution is 6.30. The molecular weight excluding hydrogens is 288 g/mol. The van der Waals surface area contributed by atoms with Crippen molar-refractivity contribution >= 4 is 29.4 Å². The molecule has 0 aliphatic heterocycles. The summed E-state index contributed by atoms with van der Waals surface area (Å²) in [5, 5.41) is 0.628. The van der Waals surface area contributed by atoms with E-state index < -0.39 is 5.97 Å². The number of benzene rings is 2. The monoisotopic (exact) mass is 300 g/mol. The first-order valence-electron chi connectivity index (χ1n) is 6.34. The lowest BCUT2D eigenvalue weighted by Gasteiger charge is -2.01. The second-order valence-electron chi connectivity index (χ2n) is 4.28. The van der Waals surface area contributed by atoms with E-state index in [9.17, 15) is 9.59 Å². The molecule has 0 unspecified atom stereocenters. The first-order valence-corrected chi connectivity index (χ1v) is 6.71. The smallest absolute Gasteiger partial charge is 0.331 e. The first kappa shape index (κ1) is 15.0. The third-order valence-electron chi connectivity index (χ3n) is 2.72. The Morgan fingerprint density at radius 3 is 2.33 bits per heavy atom. The molecule has 106 valence electrons. The van der Waals surface area contributed by atoms with E-state index in [4.69, 9.17) is 16.3 Å². The maximum atomic E-state index is 11.7. The number of carbonyl (C=O) groups is 2. The molecule has 0 N–H and O–H groups in total. The molecule has 0 saturated heterocycles. The zero-order valence-corrected chi connectivity index (χ0v) is 11.9. The highest BCUT2D eigenvalue weighted by Gasteiger charge is 2.07. The van der Waals surface area contributed by atoms with Gasteiger partial charge in [0.2, 0.25) is 0 Å². The molecule has 0 amide bonds. The Hall–Kier alpha value is -2.39. The van der Waals surface area contributed by atoms with Crippen molar-refractivity contribution in [1.29, 1.82) is 0 Å². The Bertz CT molecular complexity index is 645. The quantitative estimate of drug-likeness (QED) is 0.479. The predicted molar refractivity (Wildman–Crippen MR) is 82.2 cm³/mol. The van der Waals surface area contributed by atoms with Crippen LogP contribution in [0.5, 0.6) is 0 Å². The molecule has 0 aliphatic carbocycles. The zero-order valence-electron chi connectivity index (χ0n) is 11.2. The number of halogens is 1. The fraction of sp³-hybridized carbons (Fsp3) is 0.0588. The number of ketones is 1. The third kappa shape index (κ3) is 4.89. The van der Waals surface area contributed by atoms with E-state index >= 15 is 0 Å². The molecular formula is C17H13ClO3. The summed E-state index contributed by atoms with van der Waals surface area (Å²) in [5.41, 5.74) is 1.35. The first-order chi connectivity index (χ1) is 10.1. The molecule has 2 aromatic carbocycles. The summed E-state index contributed by atoms with van der Waals surface area (Å²) < 4.78 is 4.90. The predicted octanol–water partition coefficient (Wildman–Crippen LogP) is 3.78. The molecule has 0 aromatic heterocycles. The van der Waals surface area contributed by atoms with Crippen LogP contribution in [0.4, 0.5) is 0 Å². The lowest BCUT2D eigenvalue weighted by molar-refractivity contribution is -0.136. The second-order valence-corrected chi connectivity index (χ2v) is 4.72. The van der Waals surface area contributed by atoms with Gasteiger partial charge in [-0.05, 0) is 23.8 Å². The molecule has 0 heterocycles. The molecule has 21 heavy (non-hydrogen) atoms. The van der Waals surface area contributed by atoms with Crippen LogP contribution in [-0.4, -0.2) is 18.4 Å². The zero-order chi connectivity index (χ0) is 15.1. The van der Waals surface area contributed by atoms with Gasteiger partial charge in [-0.15, -0.1) is 0 Å². The fourth-order valence-corrected chi connectivity index (χ4v) is 1.76. The largest absolute Gasteiger partial charge is 0.454 e. The molecule has 2 rings (SSSR count). The maximum absolute atomic E-state index is 11.7. The van der Waals surface area contributed by atoms with Gasteiger partial charge in [0.1, 0.15) is 0 Å². The Labute approximate surface area is 127 Å². The topological polar surface area (TPSA) is 43.4 Å². The van der Waals surface area contributed by atoms with Crippen LogP contribution in [-0.2, 0) is 9.53 Å². The average molecular weight is 301 g/mol. The maximum Gasteiger partial charge on any atom is 0.331 e. The Morgan fingerprint density at radius 2 is 1.67 bits per heavy atom. The van der Waals surface area contributed by atoms with Gasteiger partial charge in [-0.3, -0.25) is 4.79 Å². The van der Waals surface area contributed by atoms with Gasteiger partial charge in [0.05, 0.1) is 0 Å². The average Bonchev–Trinajstić information content (AvgIpc) is 2.53. The summed E-state index contributed by atoms with van der Waals surface area (Å²) in [6.07, 6.45) is 2.88. The molecule has 0 spiro atoms. The molecule has 0 aliphatic rings. The Balaban J connectivity index is 1.85. The molecule has 0 bridgehead atoms. The number of ether oxygens (including phenoxy) is 1. The fourth-order valence-electron chi connectivity index (χ4n) is 1.63. The van der Waals surface area contributed by atoms with Gasteiger partial charge < -0.3 is 4.74 Å². The summed E-state index contributed by atoms with van der Waals surface area (Å²) in [4.78, 5) is 23.3. The van der Waals surface area contributed by atoms with Crippen LogP contribution < -0.4 is 0 Å². The van der Waals surface area contributed by atoms with Crippen LogP contribution in [0.1, 0.15) is 15.9 Å². The van der Waals surface area contributed by atoms with Crippen molar-refractivity contribution in [1.82, 2.24) is 0 Å². The molecule has 0 fully saturated rings. The van der Waals surface area contributed by atoms with Crippen molar-refractivity contribution in [2.75, 3.05) is 6.61 Å². The minimum absolute atomic E-state index is 0.233. The summed E-state index contributed by atoms with van der Waals surface area (Å²) in [7, 11) is 0. The van der Waals surface area contributed by atoms with Gasteiger partial charge in [-0.1, -0.05) is 54.1 Å². The van der Waals surface area contributed by atoms with Gasteiger partial charge in [0.25, 0.3) is 0 Å². The second kappa shape index (κ2) is 7.41. The van der Waals surface area contributed by atoms with E-state index in [-0.39, 0.29) is 12.4 Å². The Morgan fingerprint density at radius 1 is 1.00 bits per heavy atom. The SMILES string of the molecule is O=C(C=Cc1ccc(Cl)cc1)OCC(=O)c1ccccc1. The summed E-state index contributed by atoms with van der Waals surface area (Å²) in [6.45, 7) is -0.270. The lowest BCUT2D eigenvalue weighted by Crippen LogP contribution is -2.12. The van der Waals surface area contributed by atoms with Crippen molar-refractivity contribution in [3.05, 3.63) is 76.8 Å². The molecule has 2 aromatic rings. The van der Waals surface area contributed by atoms with Crippen LogP contribution in [0, 0.1) is 0 Å². The molecule has 3 nitrogen and oxygen atoms in total. The van der Waals surface area contributed by atoms with Crippen molar-refractivity contribution in [2.24, 2.45) is 0 Å². The van der Waals surface area contributed by atoms with Crippen molar-refractivity contribution in [3.63, 3.8) is 0 Å². The van der Waals surface area contributed by atoms with Crippen LogP contribution in [0.3, 0.4) is 0 Å². The normalized spacial score (nSPS) is 10.5. The number of rotatable bonds is 5. The molecule has 0 saturated carbocycles. The lowest BCUT2D eigenvalue weighted by atomic mass is 10.1. The van der Waals surface area contributed by atoms with E-state index in [1.807, 2.05) is 6.07 Å². The highest BCUT2D eigenvalue weighted by atomic mass is 35.5. The molecule has 0 atom stereocenters. The van der Waals surface area contributed by atoms with Crippen LogP contribution in [0.15, 0.2) is 60.7 Å². The van der Waals surface area contributed by atoms with E-state index in [0.29, 0.717) is 10.6 Å². The van der Waals surface area contributed by atoms with Crippen LogP contribution in [0.25, 0.3) is 6.08 Å².